The monoisotopic (exact) mass is 212 g/mol. The van der Waals surface area contributed by atoms with Crippen molar-refractivity contribution < 1.29 is 0 Å². The molecular formula is C12H12N4. The second kappa shape index (κ2) is 2.95. The molecule has 0 saturated carbocycles. The minimum Gasteiger partial charge on any atom is -0.397 e. The van der Waals surface area contributed by atoms with Gasteiger partial charge in [-0.05, 0) is 31.5 Å². The van der Waals surface area contributed by atoms with Crippen molar-refractivity contribution >= 4 is 22.5 Å². The topological polar surface area (TPSA) is 56.2 Å². The SMILES string of the molecule is Cc1ccn2c(c1)nc1c(C)c(N)cnc12. The third kappa shape index (κ3) is 1.10. The number of nitrogens with zero attached hydrogens (tertiary/aromatic N) is 3. The first-order valence-electron chi connectivity index (χ1n) is 5.16. The molecule has 0 spiro atoms. The molecule has 0 unspecified atom stereocenters. The molecule has 0 aliphatic heterocycles. The Morgan fingerprint density at radius 2 is 2.12 bits per heavy atom. The van der Waals surface area contributed by atoms with E-state index in [0.717, 1.165) is 22.4 Å². The fraction of sp³-hybridized carbons (Fsp3) is 0.167. The lowest BCUT2D eigenvalue weighted by Crippen LogP contribution is -1.93. The molecule has 0 amide bonds. The highest BCUT2D eigenvalue weighted by atomic mass is 15.1. The fourth-order valence-electron chi connectivity index (χ4n) is 1.87. The van der Waals surface area contributed by atoms with Crippen molar-refractivity contribution in [1.82, 2.24) is 14.4 Å². The molecule has 4 nitrogen and oxygen atoms in total. The molecule has 0 aliphatic rings. The average Bonchev–Trinajstić information content (AvgIpc) is 2.62. The highest BCUT2D eigenvalue weighted by Gasteiger charge is 2.09. The molecule has 2 N–H and O–H groups in total. The van der Waals surface area contributed by atoms with Crippen LogP contribution in [0.2, 0.25) is 0 Å². The molecule has 3 heterocycles. The molecule has 0 radical (unpaired) electrons. The molecule has 16 heavy (non-hydrogen) atoms. The Hall–Kier alpha value is -2.10. The van der Waals surface area contributed by atoms with Crippen LogP contribution in [-0.4, -0.2) is 14.4 Å². The summed E-state index contributed by atoms with van der Waals surface area (Å²) in [5.41, 5.74) is 11.3. The number of anilines is 1. The number of aryl methyl sites for hydroxylation is 2. The number of nitrogens with two attached hydrogens (primary N) is 1. The number of nitrogen functional groups attached to an aromatic ring is 1. The second-order valence-electron chi connectivity index (χ2n) is 4.05. The van der Waals surface area contributed by atoms with Crippen LogP contribution in [0.4, 0.5) is 5.69 Å². The Morgan fingerprint density at radius 1 is 1.31 bits per heavy atom. The van der Waals surface area contributed by atoms with Gasteiger partial charge in [-0.25, -0.2) is 9.97 Å². The van der Waals surface area contributed by atoms with E-state index in [1.807, 2.05) is 36.6 Å². The third-order valence-corrected chi connectivity index (χ3v) is 2.87. The zero-order valence-electron chi connectivity index (χ0n) is 9.23. The van der Waals surface area contributed by atoms with Crippen LogP contribution in [0, 0.1) is 13.8 Å². The molecule has 0 saturated heterocycles. The molecule has 0 atom stereocenters. The Labute approximate surface area is 92.7 Å². The zero-order chi connectivity index (χ0) is 11.3. The molecule has 0 fully saturated rings. The van der Waals surface area contributed by atoms with Gasteiger partial charge in [0.25, 0.3) is 0 Å². The zero-order valence-corrected chi connectivity index (χ0v) is 9.23. The second-order valence-corrected chi connectivity index (χ2v) is 4.05. The van der Waals surface area contributed by atoms with Gasteiger partial charge < -0.3 is 5.73 Å². The molecular weight excluding hydrogens is 200 g/mol. The van der Waals surface area contributed by atoms with Crippen LogP contribution in [0.15, 0.2) is 24.5 Å². The van der Waals surface area contributed by atoms with Gasteiger partial charge in [0.1, 0.15) is 11.2 Å². The summed E-state index contributed by atoms with van der Waals surface area (Å²) in [6.45, 7) is 4.02. The van der Waals surface area contributed by atoms with Gasteiger partial charge in [0.05, 0.1) is 11.9 Å². The molecule has 80 valence electrons. The van der Waals surface area contributed by atoms with E-state index in [1.54, 1.807) is 6.20 Å². The van der Waals surface area contributed by atoms with E-state index >= 15 is 0 Å². The van der Waals surface area contributed by atoms with Crippen LogP contribution in [0.3, 0.4) is 0 Å². The lowest BCUT2D eigenvalue weighted by atomic mass is 10.2. The van der Waals surface area contributed by atoms with Crippen molar-refractivity contribution in [3.05, 3.63) is 35.7 Å². The number of aromatic nitrogens is 3. The minimum atomic E-state index is 0.688. The summed E-state index contributed by atoms with van der Waals surface area (Å²) in [5, 5.41) is 0. The van der Waals surface area contributed by atoms with Gasteiger partial charge >= 0.3 is 0 Å². The summed E-state index contributed by atoms with van der Waals surface area (Å²) in [5.74, 6) is 0. The van der Waals surface area contributed by atoms with Crippen molar-refractivity contribution in [2.24, 2.45) is 0 Å². The maximum absolute atomic E-state index is 5.83. The van der Waals surface area contributed by atoms with Crippen LogP contribution in [0.25, 0.3) is 16.8 Å². The van der Waals surface area contributed by atoms with Gasteiger partial charge in [-0.2, -0.15) is 0 Å². The number of pyridine rings is 2. The van der Waals surface area contributed by atoms with Gasteiger partial charge in [-0.3, -0.25) is 4.40 Å². The predicted molar refractivity (Wildman–Crippen MR) is 64.4 cm³/mol. The van der Waals surface area contributed by atoms with E-state index in [-0.39, 0.29) is 0 Å². The average molecular weight is 212 g/mol. The maximum atomic E-state index is 5.83. The van der Waals surface area contributed by atoms with E-state index in [4.69, 9.17) is 5.73 Å². The van der Waals surface area contributed by atoms with Crippen molar-refractivity contribution in [3.63, 3.8) is 0 Å². The third-order valence-electron chi connectivity index (χ3n) is 2.87. The van der Waals surface area contributed by atoms with Crippen LogP contribution < -0.4 is 5.73 Å². The maximum Gasteiger partial charge on any atom is 0.164 e. The number of rotatable bonds is 0. The summed E-state index contributed by atoms with van der Waals surface area (Å²) >= 11 is 0. The standard InChI is InChI=1S/C12H12N4/c1-7-3-4-16-10(5-7)15-11-8(2)9(13)6-14-12(11)16/h3-6H,13H2,1-2H3. The smallest absolute Gasteiger partial charge is 0.164 e. The quantitative estimate of drug-likeness (QED) is 0.620. The van der Waals surface area contributed by atoms with Crippen LogP contribution in [0.5, 0.6) is 0 Å². The molecule has 0 aromatic carbocycles. The van der Waals surface area contributed by atoms with Gasteiger partial charge in [-0.15, -0.1) is 0 Å². The minimum absolute atomic E-state index is 0.688. The first-order valence-corrected chi connectivity index (χ1v) is 5.16. The lowest BCUT2D eigenvalue weighted by molar-refractivity contribution is 1.17. The predicted octanol–water partition coefficient (Wildman–Crippen LogP) is 2.08. The van der Waals surface area contributed by atoms with Gasteiger partial charge in [-0.1, -0.05) is 0 Å². The molecule has 3 aromatic rings. The molecule has 4 heteroatoms. The Morgan fingerprint density at radius 3 is 2.94 bits per heavy atom. The Kier molecular flexibility index (Phi) is 1.68. The van der Waals surface area contributed by atoms with E-state index in [1.165, 1.54) is 5.56 Å². The van der Waals surface area contributed by atoms with Crippen LogP contribution >= 0.6 is 0 Å². The van der Waals surface area contributed by atoms with Gasteiger partial charge in [0.2, 0.25) is 0 Å². The van der Waals surface area contributed by atoms with Crippen LogP contribution in [-0.2, 0) is 0 Å². The normalized spacial score (nSPS) is 11.4. The van der Waals surface area contributed by atoms with E-state index < -0.39 is 0 Å². The summed E-state index contributed by atoms with van der Waals surface area (Å²) in [6.07, 6.45) is 3.67. The van der Waals surface area contributed by atoms with E-state index in [9.17, 15) is 0 Å². The molecule has 0 bridgehead atoms. The van der Waals surface area contributed by atoms with Gasteiger partial charge in [0.15, 0.2) is 5.65 Å². The highest BCUT2D eigenvalue weighted by molar-refractivity contribution is 5.83. The fourth-order valence-corrected chi connectivity index (χ4v) is 1.87. The number of hydrogen-bond acceptors (Lipinski definition) is 3. The van der Waals surface area contributed by atoms with E-state index in [2.05, 4.69) is 9.97 Å². The Bertz CT molecular complexity index is 697. The van der Waals surface area contributed by atoms with Crippen LogP contribution in [0.1, 0.15) is 11.1 Å². The van der Waals surface area contributed by atoms with Crippen molar-refractivity contribution in [2.75, 3.05) is 5.73 Å². The highest BCUT2D eigenvalue weighted by Crippen LogP contribution is 2.22. The first-order chi connectivity index (χ1) is 7.66. The lowest BCUT2D eigenvalue weighted by Gasteiger charge is -1.99. The first kappa shape index (κ1) is 9.15. The van der Waals surface area contributed by atoms with Gasteiger partial charge in [0, 0.05) is 11.8 Å². The number of imidazole rings is 1. The van der Waals surface area contributed by atoms with Crippen molar-refractivity contribution in [2.45, 2.75) is 13.8 Å². The molecule has 3 rings (SSSR count). The summed E-state index contributed by atoms with van der Waals surface area (Å²) in [6, 6.07) is 4.08. The molecule has 3 aromatic heterocycles. The summed E-state index contributed by atoms with van der Waals surface area (Å²) in [4.78, 5) is 8.89. The van der Waals surface area contributed by atoms with Crippen molar-refractivity contribution in [1.29, 1.82) is 0 Å². The van der Waals surface area contributed by atoms with Crippen molar-refractivity contribution in [3.8, 4) is 0 Å². The number of hydrogen-bond donors (Lipinski definition) is 1. The largest absolute Gasteiger partial charge is 0.397 e. The summed E-state index contributed by atoms with van der Waals surface area (Å²) < 4.78 is 1.98. The Balaban J connectivity index is 2.55. The van der Waals surface area contributed by atoms with E-state index in [0.29, 0.717) is 5.69 Å². The summed E-state index contributed by atoms with van der Waals surface area (Å²) in [7, 11) is 0. The number of fused-ring (bicyclic) bond motifs is 3. The molecule has 0 aliphatic carbocycles.